The van der Waals surface area contributed by atoms with Gasteiger partial charge < -0.3 is 10.5 Å². The minimum Gasteiger partial charge on any atom is -0.461 e. The SMILES string of the molecule is Nc1cccc([C@@]2(CF)N=C(NC(=O)c3ccccc3)O[C@@H]3C[C@@H]32)c1. The predicted octanol–water partition coefficient (Wildman–Crippen LogP) is 2.64. The molecular formula is C19H18FN3O2. The number of hydrogen-bond acceptors (Lipinski definition) is 4. The van der Waals surface area contributed by atoms with E-state index in [2.05, 4.69) is 10.3 Å². The molecule has 3 atom stereocenters. The van der Waals surface area contributed by atoms with Crippen LogP contribution in [0.5, 0.6) is 0 Å². The first-order chi connectivity index (χ1) is 12.1. The number of aliphatic imine (C=N–C) groups is 1. The molecule has 1 fully saturated rings. The van der Waals surface area contributed by atoms with Gasteiger partial charge in [-0.2, -0.15) is 0 Å². The van der Waals surface area contributed by atoms with Crippen LogP contribution >= 0.6 is 0 Å². The van der Waals surface area contributed by atoms with Crippen LogP contribution in [0, 0.1) is 5.92 Å². The number of anilines is 1. The molecule has 0 radical (unpaired) electrons. The maximum Gasteiger partial charge on any atom is 0.292 e. The fraction of sp³-hybridized carbons (Fsp3) is 0.263. The number of nitrogens with one attached hydrogen (secondary N) is 1. The number of fused-ring (bicyclic) bond motifs is 1. The standard InChI is InChI=1S/C19H18FN3O2/c20-11-19(13-7-4-8-14(21)9-13)15-10-16(15)25-18(23-19)22-17(24)12-5-2-1-3-6-12/h1-9,15-16H,10-11,21H2,(H,22,23,24)/t15-,16+,19+/m0/s1. The van der Waals surface area contributed by atoms with Gasteiger partial charge in [-0.1, -0.05) is 30.3 Å². The lowest BCUT2D eigenvalue weighted by Crippen LogP contribution is -2.43. The Labute approximate surface area is 144 Å². The maximum absolute atomic E-state index is 14.1. The van der Waals surface area contributed by atoms with Crippen LogP contribution < -0.4 is 11.1 Å². The van der Waals surface area contributed by atoms with E-state index < -0.39 is 12.2 Å². The van der Waals surface area contributed by atoms with E-state index in [9.17, 15) is 9.18 Å². The molecule has 3 N–H and O–H groups in total. The molecule has 1 aliphatic heterocycles. The van der Waals surface area contributed by atoms with Gasteiger partial charge in [0, 0.05) is 17.2 Å². The van der Waals surface area contributed by atoms with Crippen LogP contribution in [0.1, 0.15) is 22.3 Å². The summed E-state index contributed by atoms with van der Waals surface area (Å²) < 4.78 is 19.8. The zero-order valence-electron chi connectivity index (χ0n) is 13.5. The third-order valence-corrected chi connectivity index (χ3v) is 4.76. The summed E-state index contributed by atoms with van der Waals surface area (Å²) in [5.41, 5.74) is 6.55. The molecule has 2 aromatic carbocycles. The lowest BCUT2D eigenvalue weighted by Gasteiger charge is -2.32. The summed E-state index contributed by atoms with van der Waals surface area (Å²) >= 11 is 0. The molecule has 6 heteroatoms. The number of carbonyl (C=O) groups is 1. The molecule has 128 valence electrons. The van der Waals surface area contributed by atoms with Crippen molar-refractivity contribution in [3.63, 3.8) is 0 Å². The van der Waals surface area contributed by atoms with Crippen molar-refractivity contribution in [2.45, 2.75) is 18.1 Å². The fourth-order valence-electron chi connectivity index (χ4n) is 3.35. The summed E-state index contributed by atoms with van der Waals surface area (Å²) in [6, 6.07) is 15.9. The smallest absolute Gasteiger partial charge is 0.292 e. The van der Waals surface area contributed by atoms with Crippen LogP contribution in [0.25, 0.3) is 0 Å². The second-order valence-electron chi connectivity index (χ2n) is 6.42. The molecule has 4 rings (SSSR count). The topological polar surface area (TPSA) is 76.7 Å². The molecule has 2 aliphatic rings. The number of alkyl halides is 1. The van der Waals surface area contributed by atoms with Gasteiger partial charge in [-0.15, -0.1) is 0 Å². The molecule has 1 aliphatic carbocycles. The quantitative estimate of drug-likeness (QED) is 0.844. The number of nitrogens with two attached hydrogens (primary N) is 1. The summed E-state index contributed by atoms with van der Waals surface area (Å²) in [5.74, 6) is -0.379. The summed E-state index contributed by atoms with van der Waals surface area (Å²) in [4.78, 5) is 16.8. The highest BCUT2D eigenvalue weighted by Gasteiger charge is 2.59. The van der Waals surface area contributed by atoms with Crippen LogP contribution in [-0.2, 0) is 10.3 Å². The maximum atomic E-state index is 14.1. The Morgan fingerprint density at radius 3 is 2.80 bits per heavy atom. The van der Waals surface area contributed by atoms with Crippen LogP contribution in [-0.4, -0.2) is 24.7 Å². The Balaban J connectivity index is 1.66. The van der Waals surface area contributed by atoms with Gasteiger partial charge in [0.1, 0.15) is 18.3 Å². The second kappa shape index (κ2) is 5.88. The number of amidine groups is 1. The summed E-state index contributed by atoms with van der Waals surface area (Å²) in [5, 5.41) is 2.66. The molecule has 0 saturated heterocycles. The van der Waals surface area contributed by atoms with Gasteiger partial charge >= 0.3 is 0 Å². The average molecular weight is 339 g/mol. The van der Waals surface area contributed by atoms with Gasteiger partial charge in [-0.25, -0.2) is 9.38 Å². The highest BCUT2D eigenvalue weighted by molar-refractivity contribution is 6.04. The Morgan fingerprint density at radius 2 is 2.08 bits per heavy atom. The van der Waals surface area contributed by atoms with Crippen molar-refractivity contribution in [2.24, 2.45) is 10.9 Å². The number of amides is 1. The lowest BCUT2D eigenvalue weighted by atomic mass is 9.86. The van der Waals surface area contributed by atoms with E-state index in [1.54, 1.807) is 42.5 Å². The molecule has 2 aromatic rings. The van der Waals surface area contributed by atoms with Gasteiger partial charge in [-0.05, 0) is 36.2 Å². The van der Waals surface area contributed by atoms with Gasteiger partial charge in [0.05, 0.1) is 0 Å². The Morgan fingerprint density at radius 1 is 1.28 bits per heavy atom. The molecule has 1 heterocycles. The number of hydrogen-bond donors (Lipinski definition) is 2. The van der Waals surface area contributed by atoms with E-state index in [0.717, 1.165) is 0 Å². The van der Waals surface area contributed by atoms with Crippen LogP contribution in [0.2, 0.25) is 0 Å². The van der Waals surface area contributed by atoms with Crippen molar-refractivity contribution in [2.75, 3.05) is 12.4 Å². The van der Waals surface area contributed by atoms with Gasteiger partial charge in [0.25, 0.3) is 11.9 Å². The number of nitrogens with zero attached hydrogens (tertiary/aromatic N) is 1. The van der Waals surface area contributed by atoms with Gasteiger partial charge in [0.15, 0.2) is 0 Å². The third kappa shape index (κ3) is 2.73. The van der Waals surface area contributed by atoms with Crippen molar-refractivity contribution in [1.82, 2.24) is 5.32 Å². The van der Waals surface area contributed by atoms with E-state index in [1.165, 1.54) is 0 Å². The molecule has 0 unspecified atom stereocenters. The highest BCUT2D eigenvalue weighted by Crippen LogP contribution is 2.53. The predicted molar refractivity (Wildman–Crippen MR) is 92.8 cm³/mol. The summed E-state index contributed by atoms with van der Waals surface area (Å²) in [7, 11) is 0. The molecule has 0 aromatic heterocycles. The molecule has 25 heavy (non-hydrogen) atoms. The monoisotopic (exact) mass is 339 g/mol. The first-order valence-electron chi connectivity index (χ1n) is 8.17. The number of halogens is 1. The fourth-order valence-corrected chi connectivity index (χ4v) is 3.35. The lowest BCUT2D eigenvalue weighted by molar-refractivity contribution is 0.0951. The number of carbonyl (C=O) groups excluding carboxylic acids is 1. The molecular weight excluding hydrogens is 321 g/mol. The normalized spacial score (nSPS) is 26.8. The van der Waals surface area contributed by atoms with Crippen LogP contribution in [0.4, 0.5) is 10.1 Å². The molecule has 0 spiro atoms. The van der Waals surface area contributed by atoms with Gasteiger partial charge in [-0.3, -0.25) is 10.1 Å². The molecule has 1 saturated carbocycles. The van der Waals surface area contributed by atoms with Crippen molar-refractivity contribution in [3.8, 4) is 0 Å². The van der Waals surface area contributed by atoms with E-state index in [1.807, 2.05) is 12.1 Å². The molecule has 0 bridgehead atoms. The number of rotatable bonds is 3. The van der Waals surface area contributed by atoms with Crippen molar-refractivity contribution >= 4 is 17.6 Å². The first kappa shape index (κ1) is 15.6. The molecule has 5 nitrogen and oxygen atoms in total. The van der Waals surface area contributed by atoms with Crippen molar-refractivity contribution in [3.05, 3.63) is 65.7 Å². The molecule has 1 amide bonds. The Kier molecular flexibility index (Phi) is 3.67. The number of benzene rings is 2. The third-order valence-electron chi connectivity index (χ3n) is 4.76. The second-order valence-corrected chi connectivity index (χ2v) is 6.42. The van der Waals surface area contributed by atoms with E-state index >= 15 is 0 Å². The Bertz CT molecular complexity index is 840. The highest BCUT2D eigenvalue weighted by atomic mass is 19.1. The van der Waals surface area contributed by atoms with Crippen LogP contribution in [0.3, 0.4) is 0 Å². The van der Waals surface area contributed by atoms with E-state index in [0.29, 0.717) is 23.2 Å². The minimum atomic E-state index is -1.06. The summed E-state index contributed by atoms with van der Waals surface area (Å²) in [6.07, 6.45) is 0.563. The largest absolute Gasteiger partial charge is 0.461 e. The van der Waals surface area contributed by atoms with Gasteiger partial charge in [0.2, 0.25) is 0 Å². The number of ether oxygens (including phenoxy) is 1. The van der Waals surface area contributed by atoms with Crippen LogP contribution in [0.15, 0.2) is 59.6 Å². The average Bonchev–Trinajstić information content (AvgIpc) is 3.41. The zero-order chi connectivity index (χ0) is 17.4. The van der Waals surface area contributed by atoms with E-state index in [-0.39, 0.29) is 24.0 Å². The van der Waals surface area contributed by atoms with Crippen molar-refractivity contribution < 1.29 is 13.9 Å². The van der Waals surface area contributed by atoms with Crippen molar-refractivity contribution in [1.29, 1.82) is 0 Å². The first-order valence-corrected chi connectivity index (χ1v) is 8.17. The van der Waals surface area contributed by atoms with E-state index in [4.69, 9.17) is 10.5 Å². The zero-order valence-corrected chi connectivity index (χ0v) is 13.5. The minimum absolute atomic E-state index is 0.0447. The Hall–Kier alpha value is -2.89. The number of nitrogen functional groups attached to an aromatic ring is 1. The summed E-state index contributed by atoms with van der Waals surface area (Å²) in [6.45, 7) is -0.675.